The molecule has 1 aliphatic rings. The second-order valence-corrected chi connectivity index (χ2v) is 2.80. The van der Waals surface area contributed by atoms with Crippen LogP contribution in [0.3, 0.4) is 0 Å². The summed E-state index contributed by atoms with van der Waals surface area (Å²) in [7, 11) is 0. The maximum atomic E-state index is 10.7. The molecule has 3 heteroatoms. The predicted octanol–water partition coefficient (Wildman–Crippen LogP) is 0.00230. The fourth-order valence-corrected chi connectivity index (χ4v) is 0.936. The molecule has 10 heavy (non-hydrogen) atoms. The second-order valence-electron chi connectivity index (χ2n) is 2.80. The lowest BCUT2D eigenvalue weighted by atomic mass is 10.2. The summed E-state index contributed by atoms with van der Waals surface area (Å²) in [6, 6.07) is 0.463. The van der Waals surface area contributed by atoms with Crippen molar-refractivity contribution in [2.75, 3.05) is 0 Å². The molecule has 0 aromatic rings. The molecule has 0 aromatic carbocycles. The van der Waals surface area contributed by atoms with E-state index in [0.717, 1.165) is 6.42 Å². The molecule has 58 valence electrons. The fourth-order valence-electron chi connectivity index (χ4n) is 0.936. The topological polar surface area (TPSA) is 55.1 Å². The third-order valence-electron chi connectivity index (χ3n) is 1.77. The normalized spacial score (nSPS) is 20.5. The van der Waals surface area contributed by atoms with E-state index in [1.165, 1.54) is 12.8 Å². The first-order valence-corrected chi connectivity index (χ1v) is 3.79. The first-order chi connectivity index (χ1) is 4.74. The number of primary amides is 1. The van der Waals surface area contributed by atoms with E-state index in [-0.39, 0.29) is 11.9 Å². The van der Waals surface area contributed by atoms with Gasteiger partial charge in [0.1, 0.15) is 0 Å². The molecule has 3 nitrogen and oxygen atoms in total. The van der Waals surface area contributed by atoms with Crippen LogP contribution in [0.1, 0.15) is 26.2 Å². The van der Waals surface area contributed by atoms with Gasteiger partial charge in [-0.2, -0.15) is 0 Å². The van der Waals surface area contributed by atoms with Gasteiger partial charge in [0.2, 0.25) is 5.91 Å². The minimum atomic E-state index is -0.227. The molecule has 1 unspecified atom stereocenters. The van der Waals surface area contributed by atoms with Crippen LogP contribution >= 0.6 is 0 Å². The molecule has 1 amide bonds. The summed E-state index contributed by atoms with van der Waals surface area (Å²) in [6.45, 7) is 1.96. The van der Waals surface area contributed by atoms with E-state index in [0.29, 0.717) is 6.04 Å². The summed E-state index contributed by atoms with van der Waals surface area (Å²) in [5, 5.41) is 3.17. The van der Waals surface area contributed by atoms with E-state index < -0.39 is 0 Å². The van der Waals surface area contributed by atoms with E-state index in [4.69, 9.17) is 5.73 Å². The number of amides is 1. The van der Waals surface area contributed by atoms with Gasteiger partial charge in [-0.05, 0) is 19.3 Å². The standard InChI is InChI=1S/C7H14N2O/c1-2-6(7(8)10)9-5-3-4-5/h5-6,9H,2-4H2,1H3,(H2,8,10). The number of nitrogens with one attached hydrogen (secondary N) is 1. The molecule has 1 atom stereocenters. The van der Waals surface area contributed by atoms with Crippen LogP contribution in [-0.2, 0) is 4.79 Å². The minimum Gasteiger partial charge on any atom is -0.368 e. The molecule has 3 N–H and O–H groups in total. The highest BCUT2D eigenvalue weighted by Gasteiger charge is 2.25. The Morgan fingerprint density at radius 2 is 2.40 bits per heavy atom. The van der Waals surface area contributed by atoms with Crippen molar-refractivity contribution in [1.82, 2.24) is 5.32 Å². The van der Waals surface area contributed by atoms with Crippen molar-refractivity contribution in [3.63, 3.8) is 0 Å². The Hall–Kier alpha value is -0.570. The Kier molecular flexibility index (Phi) is 2.27. The zero-order valence-electron chi connectivity index (χ0n) is 6.26. The molecule has 0 heterocycles. The van der Waals surface area contributed by atoms with E-state index in [1.54, 1.807) is 0 Å². The largest absolute Gasteiger partial charge is 0.368 e. The summed E-state index contributed by atoms with van der Waals surface area (Å²) >= 11 is 0. The van der Waals surface area contributed by atoms with Crippen molar-refractivity contribution in [2.24, 2.45) is 5.73 Å². The first-order valence-electron chi connectivity index (χ1n) is 3.79. The average molecular weight is 142 g/mol. The Balaban J connectivity index is 2.24. The van der Waals surface area contributed by atoms with Crippen molar-refractivity contribution in [3.05, 3.63) is 0 Å². The number of hydrogen-bond donors (Lipinski definition) is 2. The van der Waals surface area contributed by atoms with Crippen LogP contribution in [0.4, 0.5) is 0 Å². The number of hydrogen-bond acceptors (Lipinski definition) is 2. The molecule has 1 rings (SSSR count). The van der Waals surface area contributed by atoms with Crippen molar-refractivity contribution in [1.29, 1.82) is 0 Å². The van der Waals surface area contributed by atoms with Crippen LogP contribution in [0.2, 0.25) is 0 Å². The van der Waals surface area contributed by atoms with E-state index >= 15 is 0 Å². The Bertz CT molecular complexity index is 132. The van der Waals surface area contributed by atoms with Gasteiger partial charge in [0.05, 0.1) is 6.04 Å². The highest BCUT2D eigenvalue weighted by atomic mass is 16.1. The predicted molar refractivity (Wildman–Crippen MR) is 39.4 cm³/mol. The number of rotatable bonds is 4. The summed E-state index contributed by atoms with van der Waals surface area (Å²) in [5.74, 6) is -0.227. The van der Waals surface area contributed by atoms with Crippen LogP contribution in [-0.4, -0.2) is 18.0 Å². The summed E-state index contributed by atoms with van der Waals surface area (Å²) in [5.41, 5.74) is 5.12. The van der Waals surface area contributed by atoms with Crippen LogP contribution in [0.5, 0.6) is 0 Å². The van der Waals surface area contributed by atoms with Crippen molar-refractivity contribution >= 4 is 5.91 Å². The monoisotopic (exact) mass is 142 g/mol. The van der Waals surface area contributed by atoms with Gasteiger partial charge in [0.15, 0.2) is 0 Å². The van der Waals surface area contributed by atoms with Crippen LogP contribution < -0.4 is 11.1 Å². The van der Waals surface area contributed by atoms with Crippen molar-refractivity contribution in [2.45, 2.75) is 38.3 Å². The molecule has 0 radical (unpaired) electrons. The maximum Gasteiger partial charge on any atom is 0.234 e. The highest BCUT2D eigenvalue weighted by molar-refractivity contribution is 5.79. The smallest absolute Gasteiger partial charge is 0.234 e. The first kappa shape index (κ1) is 7.54. The van der Waals surface area contributed by atoms with Crippen LogP contribution in [0.15, 0.2) is 0 Å². The fraction of sp³-hybridized carbons (Fsp3) is 0.857. The molecule has 0 aliphatic heterocycles. The van der Waals surface area contributed by atoms with Crippen LogP contribution in [0.25, 0.3) is 0 Å². The van der Waals surface area contributed by atoms with Gasteiger partial charge in [-0.3, -0.25) is 4.79 Å². The maximum absolute atomic E-state index is 10.7. The Morgan fingerprint density at radius 1 is 1.80 bits per heavy atom. The van der Waals surface area contributed by atoms with Gasteiger partial charge in [-0.15, -0.1) is 0 Å². The Morgan fingerprint density at radius 3 is 2.70 bits per heavy atom. The second kappa shape index (κ2) is 3.01. The lowest BCUT2D eigenvalue weighted by Crippen LogP contribution is -2.41. The average Bonchev–Trinajstić information content (AvgIpc) is 2.64. The van der Waals surface area contributed by atoms with Gasteiger partial charge in [0, 0.05) is 6.04 Å². The van der Waals surface area contributed by atoms with Gasteiger partial charge >= 0.3 is 0 Å². The summed E-state index contributed by atoms with van der Waals surface area (Å²) < 4.78 is 0. The zero-order chi connectivity index (χ0) is 7.56. The molecule has 0 bridgehead atoms. The third-order valence-corrected chi connectivity index (χ3v) is 1.77. The Labute approximate surface area is 61.0 Å². The van der Waals surface area contributed by atoms with E-state index in [2.05, 4.69) is 5.32 Å². The molecular weight excluding hydrogens is 128 g/mol. The molecular formula is C7H14N2O. The van der Waals surface area contributed by atoms with Gasteiger partial charge in [-0.1, -0.05) is 6.92 Å². The summed E-state index contributed by atoms with van der Waals surface area (Å²) in [6.07, 6.45) is 3.19. The van der Waals surface area contributed by atoms with E-state index in [1.807, 2.05) is 6.92 Å². The third kappa shape index (κ3) is 1.99. The van der Waals surface area contributed by atoms with Gasteiger partial charge < -0.3 is 11.1 Å². The number of carbonyl (C=O) groups excluding carboxylic acids is 1. The zero-order valence-corrected chi connectivity index (χ0v) is 6.26. The van der Waals surface area contributed by atoms with E-state index in [9.17, 15) is 4.79 Å². The van der Waals surface area contributed by atoms with Crippen molar-refractivity contribution in [3.8, 4) is 0 Å². The molecule has 1 aliphatic carbocycles. The molecule has 0 spiro atoms. The molecule has 1 fully saturated rings. The van der Waals surface area contributed by atoms with Gasteiger partial charge in [-0.25, -0.2) is 0 Å². The lowest BCUT2D eigenvalue weighted by molar-refractivity contribution is -0.120. The van der Waals surface area contributed by atoms with Crippen molar-refractivity contribution < 1.29 is 4.79 Å². The molecule has 0 aromatic heterocycles. The summed E-state index contributed by atoms with van der Waals surface area (Å²) in [4.78, 5) is 10.7. The van der Waals surface area contributed by atoms with Gasteiger partial charge in [0.25, 0.3) is 0 Å². The number of carbonyl (C=O) groups is 1. The minimum absolute atomic E-state index is 0.104. The quantitative estimate of drug-likeness (QED) is 0.580. The SMILES string of the molecule is CCC(NC1CC1)C(N)=O. The number of nitrogens with two attached hydrogens (primary N) is 1. The van der Waals surface area contributed by atoms with Crippen LogP contribution in [0, 0.1) is 0 Å². The lowest BCUT2D eigenvalue weighted by Gasteiger charge is -2.11. The molecule has 1 saturated carbocycles. The molecule has 0 saturated heterocycles. The highest BCUT2D eigenvalue weighted by Crippen LogP contribution is 2.19.